The van der Waals surface area contributed by atoms with Gasteiger partial charge in [0.05, 0.1) is 17.9 Å². The Labute approximate surface area is 238 Å². The van der Waals surface area contributed by atoms with Gasteiger partial charge in [-0.15, -0.1) is 0 Å². The minimum Gasteiger partial charge on any atom is -0.493 e. The van der Waals surface area contributed by atoms with Gasteiger partial charge >= 0.3 is 0 Å². The molecule has 0 atom stereocenters. The van der Waals surface area contributed by atoms with Crippen LogP contribution in [-0.2, 0) is 11.2 Å². The molecule has 8 nitrogen and oxygen atoms in total. The lowest BCUT2D eigenvalue weighted by Gasteiger charge is -2.42. The standard InChI is InChI=1S/C32H45N5O3/c1-24-12-17-37(18-13-24)31-33-22-27(25(2)35-31)30(39)36-19-15-32(16-20-36)14-6-5-9-26-8-3-4-10-28(26)40-21-7-11-29(38)34-23-32/h3-4,8,10,22,24H,5-7,9,11-21,23H2,1-2H3,(H,34,38). The van der Waals surface area contributed by atoms with Crippen molar-refractivity contribution in [3.05, 3.63) is 47.3 Å². The van der Waals surface area contributed by atoms with Crippen molar-refractivity contribution in [3.63, 3.8) is 0 Å². The van der Waals surface area contributed by atoms with Gasteiger partial charge in [-0.25, -0.2) is 9.97 Å². The van der Waals surface area contributed by atoms with Crippen LogP contribution >= 0.6 is 0 Å². The second-order valence-corrected chi connectivity index (χ2v) is 12.2. The number of hydrogen-bond donors (Lipinski definition) is 1. The summed E-state index contributed by atoms with van der Waals surface area (Å²) in [5.74, 6) is 2.54. The first-order chi connectivity index (χ1) is 19.4. The van der Waals surface area contributed by atoms with Gasteiger partial charge in [0.1, 0.15) is 5.75 Å². The SMILES string of the molecule is Cc1nc(N2CCC(C)CC2)ncc1C(=O)N1CCC2(CCCCc3ccccc3OCCCC(=O)NC2)CC1. The van der Waals surface area contributed by atoms with Crippen LogP contribution in [0.5, 0.6) is 5.75 Å². The highest BCUT2D eigenvalue weighted by Gasteiger charge is 2.36. The molecule has 0 saturated carbocycles. The van der Waals surface area contributed by atoms with Crippen LogP contribution in [0.2, 0.25) is 0 Å². The molecule has 1 spiro atoms. The molecule has 2 fully saturated rings. The van der Waals surface area contributed by atoms with Gasteiger partial charge in [-0.3, -0.25) is 9.59 Å². The van der Waals surface area contributed by atoms with Gasteiger partial charge in [0, 0.05) is 45.3 Å². The van der Waals surface area contributed by atoms with E-state index in [-0.39, 0.29) is 17.2 Å². The fraction of sp³-hybridized carbons (Fsp3) is 0.625. The molecule has 5 rings (SSSR count). The number of nitrogens with one attached hydrogen (secondary N) is 1. The number of carbonyl (C=O) groups is 2. The Morgan fingerprint density at radius 1 is 1.02 bits per heavy atom. The fourth-order valence-corrected chi connectivity index (χ4v) is 6.35. The molecule has 40 heavy (non-hydrogen) atoms. The lowest BCUT2D eigenvalue weighted by molar-refractivity contribution is -0.122. The zero-order chi connectivity index (χ0) is 28.0. The molecule has 2 aromatic rings. The summed E-state index contributed by atoms with van der Waals surface area (Å²) in [7, 11) is 0. The molecule has 0 unspecified atom stereocenters. The zero-order valence-electron chi connectivity index (χ0n) is 24.3. The second kappa shape index (κ2) is 13.0. The highest BCUT2D eigenvalue weighted by Crippen LogP contribution is 2.37. The average molecular weight is 548 g/mol. The van der Waals surface area contributed by atoms with Crippen molar-refractivity contribution in [2.75, 3.05) is 44.2 Å². The number of nitrogens with zero attached hydrogens (tertiary/aromatic N) is 4. The topological polar surface area (TPSA) is 87.7 Å². The molecule has 2 amide bonds. The maximum Gasteiger partial charge on any atom is 0.257 e. The molecule has 1 aromatic carbocycles. The Kier molecular flexibility index (Phi) is 9.22. The first-order valence-electron chi connectivity index (χ1n) is 15.3. The van der Waals surface area contributed by atoms with Gasteiger partial charge in [-0.1, -0.05) is 31.5 Å². The van der Waals surface area contributed by atoms with Gasteiger partial charge in [-0.2, -0.15) is 0 Å². The molecule has 3 aliphatic heterocycles. The zero-order valence-corrected chi connectivity index (χ0v) is 24.3. The summed E-state index contributed by atoms with van der Waals surface area (Å²) >= 11 is 0. The number of aromatic nitrogens is 2. The van der Waals surface area contributed by atoms with Gasteiger partial charge in [0.25, 0.3) is 5.91 Å². The Hall–Kier alpha value is -3.16. The lowest BCUT2D eigenvalue weighted by atomic mass is 9.74. The predicted molar refractivity (Wildman–Crippen MR) is 157 cm³/mol. The van der Waals surface area contributed by atoms with E-state index in [0.29, 0.717) is 44.6 Å². The number of rotatable bonds is 2. The van der Waals surface area contributed by atoms with E-state index in [1.54, 1.807) is 6.20 Å². The minimum atomic E-state index is 0.0210. The van der Waals surface area contributed by atoms with Crippen molar-refractivity contribution in [3.8, 4) is 5.75 Å². The third kappa shape index (κ3) is 6.94. The summed E-state index contributed by atoms with van der Waals surface area (Å²) in [6, 6.07) is 8.26. The monoisotopic (exact) mass is 547 g/mol. The van der Waals surface area contributed by atoms with Crippen molar-refractivity contribution in [1.29, 1.82) is 0 Å². The third-order valence-corrected chi connectivity index (χ3v) is 9.22. The number of piperidine rings is 2. The number of anilines is 1. The van der Waals surface area contributed by atoms with E-state index in [1.165, 1.54) is 5.56 Å². The summed E-state index contributed by atoms with van der Waals surface area (Å²) < 4.78 is 5.98. The largest absolute Gasteiger partial charge is 0.493 e. The van der Waals surface area contributed by atoms with Crippen LogP contribution in [0.15, 0.2) is 30.5 Å². The summed E-state index contributed by atoms with van der Waals surface area (Å²) in [4.78, 5) is 39.7. The summed E-state index contributed by atoms with van der Waals surface area (Å²) in [6.07, 6.45) is 11.2. The number of amides is 2. The van der Waals surface area contributed by atoms with E-state index < -0.39 is 0 Å². The first-order valence-corrected chi connectivity index (χ1v) is 15.3. The molecule has 0 aliphatic carbocycles. The first kappa shape index (κ1) is 28.4. The van der Waals surface area contributed by atoms with Gasteiger partial charge < -0.3 is 19.9 Å². The number of ether oxygens (including phenoxy) is 1. The Morgan fingerprint density at radius 3 is 2.58 bits per heavy atom. The van der Waals surface area contributed by atoms with Crippen LogP contribution < -0.4 is 15.0 Å². The van der Waals surface area contributed by atoms with E-state index in [2.05, 4.69) is 34.3 Å². The van der Waals surface area contributed by atoms with E-state index in [1.807, 2.05) is 24.0 Å². The van der Waals surface area contributed by atoms with E-state index in [4.69, 9.17) is 9.72 Å². The summed E-state index contributed by atoms with van der Waals surface area (Å²) in [5.41, 5.74) is 2.62. The predicted octanol–water partition coefficient (Wildman–Crippen LogP) is 4.95. The lowest BCUT2D eigenvalue weighted by Crippen LogP contribution is -2.48. The average Bonchev–Trinajstić information content (AvgIpc) is 2.97. The number of carbonyl (C=O) groups excluding carboxylic acids is 2. The highest BCUT2D eigenvalue weighted by atomic mass is 16.5. The quantitative estimate of drug-likeness (QED) is 0.573. The van der Waals surface area contributed by atoms with Crippen LogP contribution in [0.1, 0.15) is 86.3 Å². The third-order valence-electron chi connectivity index (χ3n) is 9.22. The van der Waals surface area contributed by atoms with Crippen molar-refractivity contribution in [2.45, 2.75) is 78.1 Å². The molecule has 216 valence electrons. The highest BCUT2D eigenvalue weighted by molar-refractivity contribution is 5.95. The number of likely N-dealkylation sites (tertiary alicyclic amines) is 1. The van der Waals surface area contributed by atoms with Crippen molar-refractivity contribution in [1.82, 2.24) is 20.2 Å². The number of para-hydroxylation sites is 1. The molecule has 3 aliphatic rings. The Balaban J connectivity index is 1.21. The van der Waals surface area contributed by atoms with Gasteiger partial charge in [0.15, 0.2) is 0 Å². The molecule has 1 aromatic heterocycles. The molecule has 1 N–H and O–H groups in total. The van der Waals surface area contributed by atoms with Crippen LogP contribution in [0, 0.1) is 18.3 Å². The number of hydrogen-bond acceptors (Lipinski definition) is 6. The summed E-state index contributed by atoms with van der Waals surface area (Å²) in [6.45, 7) is 8.77. The van der Waals surface area contributed by atoms with Gasteiger partial charge in [-0.05, 0) is 81.3 Å². The van der Waals surface area contributed by atoms with Crippen LogP contribution in [0.3, 0.4) is 0 Å². The van der Waals surface area contributed by atoms with Crippen molar-refractivity contribution >= 4 is 17.8 Å². The maximum atomic E-state index is 13.5. The molecular formula is C32H45N5O3. The van der Waals surface area contributed by atoms with E-state index >= 15 is 0 Å². The number of aryl methyl sites for hydroxylation is 2. The van der Waals surface area contributed by atoms with Gasteiger partial charge in [0.2, 0.25) is 11.9 Å². The van der Waals surface area contributed by atoms with Crippen molar-refractivity contribution in [2.24, 2.45) is 11.3 Å². The number of fused-ring (bicyclic) bond motifs is 1. The maximum absolute atomic E-state index is 13.5. The molecule has 0 radical (unpaired) electrons. The summed E-state index contributed by atoms with van der Waals surface area (Å²) in [5, 5.41) is 3.22. The van der Waals surface area contributed by atoms with E-state index in [0.717, 1.165) is 87.8 Å². The normalized spacial score (nSPS) is 21.2. The fourth-order valence-electron chi connectivity index (χ4n) is 6.35. The van der Waals surface area contributed by atoms with Crippen LogP contribution in [0.4, 0.5) is 5.95 Å². The van der Waals surface area contributed by atoms with Crippen LogP contribution in [0.25, 0.3) is 0 Å². The van der Waals surface area contributed by atoms with Crippen molar-refractivity contribution < 1.29 is 14.3 Å². The molecule has 8 heteroatoms. The second-order valence-electron chi connectivity index (χ2n) is 12.2. The molecular weight excluding hydrogens is 502 g/mol. The molecule has 0 bridgehead atoms. The molecule has 4 heterocycles. The Bertz CT molecular complexity index is 1170. The Morgan fingerprint density at radius 2 is 1.80 bits per heavy atom. The van der Waals surface area contributed by atoms with Crippen LogP contribution in [-0.4, -0.2) is 66.0 Å². The minimum absolute atomic E-state index is 0.0210. The van der Waals surface area contributed by atoms with E-state index in [9.17, 15) is 9.59 Å². The smallest absolute Gasteiger partial charge is 0.257 e. The number of benzene rings is 1. The molecule has 2 saturated heterocycles.